The number of hydrogen-bond acceptors (Lipinski definition) is 2. The number of fused-ring (bicyclic) bond motifs is 2. The lowest BCUT2D eigenvalue weighted by Crippen LogP contribution is -2.52. The van der Waals surface area contributed by atoms with Crippen molar-refractivity contribution in [2.24, 2.45) is 5.92 Å². The van der Waals surface area contributed by atoms with E-state index >= 15 is 0 Å². The van der Waals surface area contributed by atoms with Gasteiger partial charge < -0.3 is 5.32 Å². The van der Waals surface area contributed by atoms with Gasteiger partial charge in [0.1, 0.15) is 0 Å². The first-order chi connectivity index (χ1) is 7.30. The number of hydrogen-bond donors (Lipinski definition) is 3. The third-order valence-electron chi connectivity index (χ3n) is 4.46. The van der Waals surface area contributed by atoms with Crippen LogP contribution in [0.5, 0.6) is 0 Å². The lowest BCUT2D eigenvalue weighted by atomic mass is 9.79. The van der Waals surface area contributed by atoms with Crippen molar-refractivity contribution in [2.45, 2.75) is 56.5 Å². The van der Waals surface area contributed by atoms with E-state index in [2.05, 4.69) is 16.2 Å². The van der Waals surface area contributed by atoms with E-state index in [9.17, 15) is 0 Å². The molecule has 0 radical (unpaired) electrons. The summed E-state index contributed by atoms with van der Waals surface area (Å²) in [5.41, 5.74) is 6.84. The summed E-state index contributed by atoms with van der Waals surface area (Å²) in [6.45, 7) is 0. The minimum Gasteiger partial charge on any atom is -0.356 e. The molecule has 84 valence electrons. The molecule has 2 aliphatic carbocycles. The Morgan fingerprint density at radius 1 is 1.13 bits per heavy atom. The van der Waals surface area contributed by atoms with Crippen LogP contribution in [0.1, 0.15) is 44.9 Å². The van der Waals surface area contributed by atoms with E-state index in [4.69, 9.17) is 12.2 Å². The molecule has 1 saturated heterocycles. The van der Waals surface area contributed by atoms with Gasteiger partial charge in [0, 0.05) is 11.6 Å². The van der Waals surface area contributed by atoms with E-state index in [0.717, 1.165) is 11.0 Å². The zero-order chi connectivity index (χ0) is 10.3. The summed E-state index contributed by atoms with van der Waals surface area (Å²) in [4.78, 5) is 0. The van der Waals surface area contributed by atoms with Crippen LogP contribution in [0, 0.1) is 5.92 Å². The van der Waals surface area contributed by atoms with Crippen molar-refractivity contribution in [3.05, 3.63) is 0 Å². The molecule has 3 fully saturated rings. The first-order valence-electron chi connectivity index (χ1n) is 6.14. The fraction of sp³-hybridized carbons (Fsp3) is 0.909. The molecule has 3 rings (SSSR count). The van der Waals surface area contributed by atoms with Gasteiger partial charge in [0.2, 0.25) is 0 Å². The average molecular weight is 225 g/mol. The Bertz CT molecular complexity index is 273. The van der Waals surface area contributed by atoms with Gasteiger partial charge in [-0.05, 0) is 43.8 Å². The molecule has 1 heterocycles. The first-order valence-corrected chi connectivity index (χ1v) is 6.55. The van der Waals surface area contributed by atoms with Crippen molar-refractivity contribution < 1.29 is 0 Å². The predicted octanol–water partition coefficient (Wildman–Crippen LogP) is 1.45. The third kappa shape index (κ3) is 1.54. The fourth-order valence-electron chi connectivity index (χ4n) is 3.80. The average Bonchev–Trinajstić information content (AvgIpc) is 2.80. The Morgan fingerprint density at radius 2 is 1.93 bits per heavy atom. The van der Waals surface area contributed by atoms with Gasteiger partial charge in [-0.25, -0.2) is 5.43 Å². The minimum atomic E-state index is 0.314. The SMILES string of the molecule is S=C1NN[C@H]2CCC[C@H]2C2(CCCC2)N1. The molecule has 0 bridgehead atoms. The number of rotatable bonds is 0. The molecule has 0 amide bonds. The summed E-state index contributed by atoms with van der Waals surface area (Å²) in [7, 11) is 0. The predicted molar refractivity (Wildman–Crippen MR) is 64.3 cm³/mol. The highest BCUT2D eigenvalue weighted by atomic mass is 32.1. The highest BCUT2D eigenvalue weighted by Gasteiger charge is 2.48. The fourth-order valence-corrected chi connectivity index (χ4v) is 4.07. The van der Waals surface area contributed by atoms with Crippen molar-refractivity contribution >= 4 is 17.3 Å². The van der Waals surface area contributed by atoms with Gasteiger partial charge in [0.05, 0.1) is 0 Å². The maximum atomic E-state index is 5.29. The summed E-state index contributed by atoms with van der Waals surface area (Å²) in [6.07, 6.45) is 9.34. The van der Waals surface area contributed by atoms with Crippen LogP contribution in [0.15, 0.2) is 0 Å². The van der Waals surface area contributed by atoms with E-state index in [-0.39, 0.29) is 0 Å². The highest BCUT2D eigenvalue weighted by Crippen LogP contribution is 2.44. The number of hydrazine groups is 1. The molecule has 2 saturated carbocycles. The van der Waals surface area contributed by atoms with Crippen molar-refractivity contribution in [3.63, 3.8) is 0 Å². The molecular weight excluding hydrogens is 206 g/mol. The quantitative estimate of drug-likeness (QED) is 0.545. The third-order valence-corrected chi connectivity index (χ3v) is 4.66. The molecule has 1 spiro atoms. The zero-order valence-electron chi connectivity index (χ0n) is 9.01. The first kappa shape index (κ1) is 9.85. The number of nitrogens with one attached hydrogen (secondary N) is 3. The molecule has 3 nitrogen and oxygen atoms in total. The molecule has 2 atom stereocenters. The summed E-state index contributed by atoms with van der Waals surface area (Å²) < 4.78 is 0. The highest BCUT2D eigenvalue weighted by molar-refractivity contribution is 7.80. The molecule has 3 N–H and O–H groups in total. The lowest BCUT2D eigenvalue weighted by Gasteiger charge is -2.37. The molecule has 0 aromatic rings. The standard InChI is InChI=1S/C11H19N3S/c15-10-12-11(6-1-2-7-11)8-4-3-5-9(8)13-14-10/h8-9,13H,1-7H2,(H2,12,14,15)/t8-,9+/m1/s1. The Morgan fingerprint density at radius 3 is 2.73 bits per heavy atom. The molecule has 3 aliphatic rings. The summed E-state index contributed by atoms with van der Waals surface area (Å²) in [6, 6.07) is 0.621. The van der Waals surface area contributed by atoms with Crippen LogP contribution in [0.25, 0.3) is 0 Å². The molecule has 15 heavy (non-hydrogen) atoms. The smallest absolute Gasteiger partial charge is 0.181 e. The van der Waals surface area contributed by atoms with Crippen LogP contribution in [-0.2, 0) is 0 Å². The van der Waals surface area contributed by atoms with Gasteiger partial charge in [0.15, 0.2) is 5.11 Å². The van der Waals surface area contributed by atoms with Crippen molar-refractivity contribution in [1.82, 2.24) is 16.2 Å². The second-order valence-electron chi connectivity index (χ2n) is 5.23. The summed E-state index contributed by atoms with van der Waals surface area (Å²) >= 11 is 5.29. The van der Waals surface area contributed by atoms with E-state index in [1.165, 1.54) is 44.9 Å². The Labute approximate surface area is 96.3 Å². The van der Waals surface area contributed by atoms with Crippen molar-refractivity contribution in [2.75, 3.05) is 0 Å². The molecule has 0 aromatic heterocycles. The molecule has 1 aliphatic heterocycles. The second-order valence-corrected chi connectivity index (χ2v) is 5.64. The maximum absolute atomic E-state index is 5.29. The van der Waals surface area contributed by atoms with Crippen LogP contribution in [0.2, 0.25) is 0 Å². The van der Waals surface area contributed by atoms with Gasteiger partial charge in [-0.1, -0.05) is 19.3 Å². The van der Waals surface area contributed by atoms with E-state index in [0.29, 0.717) is 11.6 Å². The zero-order valence-corrected chi connectivity index (χ0v) is 9.83. The monoisotopic (exact) mass is 225 g/mol. The van der Waals surface area contributed by atoms with Crippen molar-refractivity contribution in [3.8, 4) is 0 Å². The van der Waals surface area contributed by atoms with E-state index in [1.807, 2.05) is 0 Å². The molecule has 0 aromatic carbocycles. The van der Waals surface area contributed by atoms with Crippen LogP contribution in [0.3, 0.4) is 0 Å². The molecular formula is C11H19N3S. The Balaban J connectivity index is 1.90. The van der Waals surface area contributed by atoms with Crippen LogP contribution in [0.4, 0.5) is 0 Å². The van der Waals surface area contributed by atoms with Crippen LogP contribution in [-0.4, -0.2) is 16.7 Å². The molecule has 0 unspecified atom stereocenters. The Kier molecular flexibility index (Phi) is 2.36. The largest absolute Gasteiger partial charge is 0.356 e. The normalized spacial score (nSPS) is 38.3. The van der Waals surface area contributed by atoms with Gasteiger partial charge in [-0.15, -0.1) is 0 Å². The van der Waals surface area contributed by atoms with Gasteiger partial charge >= 0.3 is 0 Å². The van der Waals surface area contributed by atoms with Gasteiger partial charge in [-0.3, -0.25) is 5.43 Å². The lowest BCUT2D eigenvalue weighted by molar-refractivity contribution is 0.222. The second kappa shape index (κ2) is 3.59. The minimum absolute atomic E-state index is 0.314. The van der Waals surface area contributed by atoms with Crippen molar-refractivity contribution in [1.29, 1.82) is 0 Å². The van der Waals surface area contributed by atoms with Gasteiger partial charge in [0.25, 0.3) is 0 Å². The van der Waals surface area contributed by atoms with Gasteiger partial charge in [-0.2, -0.15) is 0 Å². The Hall–Kier alpha value is -0.350. The van der Waals surface area contributed by atoms with Crippen LogP contribution >= 0.6 is 12.2 Å². The molecule has 4 heteroatoms. The maximum Gasteiger partial charge on any atom is 0.181 e. The summed E-state index contributed by atoms with van der Waals surface area (Å²) in [5, 5.41) is 4.38. The topological polar surface area (TPSA) is 36.1 Å². The van der Waals surface area contributed by atoms with E-state index in [1.54, 1.807) is 0 Å². The number of thiocarbonyl (C=S) groups is 1. The van der Waals surface area contributed by atoms with Crippen LogP contribution < -0.4 is 16.2 Å². The van der Waals surface area contributed by atoms with E-state index < -0.39 is 0 Å². The summed E-state index contributed by atoms with van der Waals surface area (Å²) in [5.74, 6) is 0.771.